The summed E-state index contributed by atoms with van der Waals surface area (Å²) in [5.41, 5.74) is 0. The molecule has 0 atom stereocenters. The Bertz CT molecular complexity index is 945. The number of hydrogen-bond donors (Lipinski definition) is 2. The number of aliphatic carboxylic acids is 1. The first-order chi connectivity index (χ1) is 23.1. The molecule has 0 saturated heterocycles. The second kappa shape index (κ2) is 33.9. The largest absolute Gasteiger partial charge is 0.481 e. The van der Waals surface area contributed by atoms with E-state index in [1.165, 1.54) is 103 Å². The maximum Gasteiger partial charge on any atom is 0.303 e. The number of carboxylic acids is 1. The first kappa shape index (κ1) is 43.0. The third-order valence-corrected chi connectivity index (χ3v) is 11.0. The minimum atomic E-state index is -0.676. The summed E-state index contributed by atoms with van der Waals surface area (Å²) in [5.74, 6) is 12.0. The fourth-order valence-corrected chi connectivity index (χ4v) is 7.58. The van der Waals surface area contributed by atoms with Gasteiger partial charge >= 0.3 is 5.97 Å². The Hall–Kier alpha value is -2.00. The number of nitrogens with zero attached hydrogens (tertiary/aromatic N) is 2. The molecule has 268 valence electrons. The lowest BCUT2D eigenvalue weighted by atomic mass is 10.1. The summed E-state index contributed by atoms with van der Waals surface area (Å²) < 4.78 is 4.84. The first-order valence-corrected chi connectivity index (χ1v) is 21.4. The van der Waals surface area contributed by atoms with Crippen molar-refractivity contribution >= 4 is 37.0 Å². The molecule has 1 aliphatic rings. The Morgan fingerprint density at radius 1 is 0.617 bits per heavy atom. The molecular weight excluding hydrogens is 697 g/mol. The average molecular weight is 766 g/mol. The standard InChI is InChI=1S/C40H68IN3O3/c1-2-3-4-5-6-7-8-9-10-11-12-13-14-15-16-17-18-21-24-27-31-39(45)42-33-30-34-43-36-37-44(41-38-43)35-29-26-23-20-19-22-25-28-32-40(46)47/h36-38H,2-10,15-35H2,1H3,(H,42,45)(H,46,47). The lowest BCUT2D eigenvalue weighted by Crippen LogP contribution is -2.28. The number of amides is 1. The van der Waals surface area contributed by atoms with E-state index >= 15 is 0 Å². The molecule has 1 amide bonds. The smallest absolute Gasteiger partial charge is 0.303 e. The van der Waals surface area contributed by atoms with Crippen molar-refractivity contribution in [2.75, 3.05) is 19.6 Å². The topological polar surface area (TPSA) is 72.9 Å². The Morgan fingerprint density at radius 3 is 1.66 bits per heavy atom. The highest BCUT2D eigenvalue weighted by Crippen LogP contribution is 2.17. The summed E-state index contributed by atoms with van der Waals surface area (Å²) >= 11 is -0.0945. The molecule has 0 aromatic rings. The van der Waals surface area contributed by atoms with E-state index in [4.69, 9.17) is 5.11 Å². The van der Waals surface area contributed by atoms with Gasteiger partial charge in [0, 0.05) is 78.7 Å². The zero-order valence-corrected chi connectivity index (χ0v) is 32.1. The number of carbonyl (C=O) groups excluding carboxylic acids is 1. The highest BCUT2D eigenvalue weighted by molar-refractivity contribution is 14.2. The highest BCUT2D eigenvalue weighted by atomic mass is 127. The van der Waals surface area contributed by atoms with Gasteiger partial charge < -0.3 is 18.4 Å². The van der Waals surface area contributed by atoms with Gasteiger partial charge in [0.2, 0.25) is 5.91 Å². The summed E-state index contributed by atoms with van der Waals surface area (Å²) in [5, 5.41) is 11.8. The van der Waals surface area contributed by atoms with Crippen LogP contribution in [0.25, 0.3) is 0 Å². The van der Waals surface area contributed by atoms with E-state index in [-0.39, 0.29) is 26.9 Å². The zero-order chi connectivity index (χ0) is 33.9. The Morgan fingerprint density at radius 2 is 1.13 bits per heavy atom. The van der Waals surface area contributed by atoms with Crippen LogP contribution in [0.5, 0.6) is 0 Å². The van der Waals surface area contributed by atoms with Crippen molar-refractivity contribution in [2.24, 2.45) is 0 Å². The fraction of sp³-hybridized carbons (Fsp3) is 0.775. The van der Waals surface area contributed by atoms with Crippen LogP contribution in [0, 0.1) is 23.7 Å². The van der Waals surface area contributed by atoms with Gasteiger partial charge in [-0.2, -0.15) is 0 Å². The van der Waals surface area contributed by atoms with Crippen molar-refractivity contribution in [3.63, 3.8) is 0 Å². The molecule has 0 bridgehead atoms. The molecule has 6 nitrogen and oxygen atoms in total. The van der Waals surface area contributed by atoms with E-state index in [0.29, 0.717) is 12.8 Å². The van der Waals surface area contributed by atoms with Crippen molar-refractivity contribution in [3.8, 4) is 23.7 Å². The third kappa shape index (κ3) is 31.0. The van der Waals surface area contributed by atoms with Gasteiger partial charge in [-0.1, -0.05) is 128 Å². The maximum atomic E-state index is 12.2. The quantitative estimate of drug-likeness (QED) is 0.0318. The molecule has 0 unspecified atom stereocenters. The van der Waals surface area contributed by atoms with Crippen LogP contribution >= 0.6 is 21.0 Å². The van der Waals surface area contributed by atoms with Crippen LogP contribution in [0.4, 0.5) is 0 Å². The minimum absolute atomic E-state index is 0.0945. The van der Waals surface area contributed by atoms with Gasteiger partial charge in [0.05, 0.1) is 4.14 Å². The van der Waals surface area contributed by atoms with E-state index in [1.54, 1.807) is 0 Å². The summed E-state index contributed by atoms with van der Waals surface area (Å²) in [6, 6.07) is 0. The van der Waals surface area contributed by atoms with Crippen LogP contribution < -0.4 is 5.32 Å². The fourth-order valence-electron chi connectivity index (χ4n) is 5.53. The molecule has 7 heteroatoms. The number of carbonyl (C=O) groups is 2. The molecule has 1 aliphatic heterocycles. The Kier molecular flexibility index (Phi) is 31.0. The van der Waals surface area contributed by atoms with E-state index in [9.17, 15) is 9.59 Å². The van der Waals surface area contributed by atoms with Crippen molar-refractivity contribution in [3.05, 3.63) is 12.4 Å². The van der Waals surface area contributed by atoms with Gasteiger partial charge in [-0.05, 0) is 50.4 Å². The molecule has 47 heavy (non-hydrogen) atoms. The lowest BCUT2D eigenvalue weighted by molar-refractivity contribution is -0.137. The molecule has 1 rings (SSSR count). The minimum Gasteiger partial charge on any atom is -0.481 e. The Labute approximate surface area is 299 Å². The molecule has 0 aliphatic carbocycles. The molecule has 1 heterocycles. The van der Waals surface area contributed by atoms with Crippen molar-refractivity contribution in [1.82, 2.24) is 13.3 Å². The SMILES string of the molecule is CCCCCCCCCCC#CC#CCCCCCCCCC(=O)NCCCN1C=CN(CCCCCCCCCCC(=O)O)I=C1. The molecule has 2 N–H and O–H groups in total. The lowest BCUT2D eigenvalue weighted by Gasteiger charge is -2.24. The van der Waals surface area contributed by atoms with E-state index < -0.39 is 5.97 Å². The third-order valence-electron chi connectivity index (χ3n) is 8.49. The molecule has 0 radical (unpaired) electrons. The molecule has 0 aromatic heterocycles. The number of halogens is 1. The number of unbranched alkanes of at least 4 members (excludes halogenated alkanes) is 21. The predicted octanol–water partition coefficient (Wildman–Crippen LogP) is 10.5. The molecule has 0 aromatic carbocycles. The summed E-state index contributed by atoms with van der Waals surface area (Å²) in [6.45, 7) is 5.13. The van der Waals surface area contributed by atoms with Crippen molar-refractivity contribution in [1.29, 1.82) is 0 Å². The van der Waals surface area contributed by atoms with E-state index in [0.717, 1.165) is 77.4 Å². The normalized spacial score (nSPS) is 12.2. The van der Waals surface area contributed by atoms with Gasteiger partial charge in [0.1, 0.15) is 0 Å². The van der Waals surface area contributed by atoms with Crippen LogP contribution in [-0.4, -0.2) is 48.8 Å². The van der Waals surface area contributed by atoms with Crippen LogP contribution in [0.15, 0.2) is 12.4 Å². The Balaban J connectivity index is 1.85. The van der Waals surface area contributed by atoms with E-state index in [2.05, 4.69) is 60.5 Å². The number of nitrogens with one attached hydrogen (secondary N) is 1. The number of carboxylic acid groups (broad SMARTS) is 1. The van der Waals surface area contributed by atoms with Gasteiger partial charge in [0.25, 0.3) is 0 Å². The van der Waals surface area contributed by atoms with Crippen LogP contribution in [-0.2, 0) is 9.59 Å². The number of rotatable bonds is 31. The van der Waals surface area contributed by atoms with Crippen LogP contribution in [0.3, 0.4) is 0 Å². The second-order valence-electron chi connectivity index (χ2n) is 13.0. The highest BCUT2D eigenvalue weighted by Gasteiger charge is 2.06. The van der Waals surface area contributed by atoms with Gasteiger partial charge in [-0.25, -0.2) is 0 Å². The van der Waals surface area contributed by atoms with Gasteiger partial charge in [-0.15, -0.1) is 0 Å². The van der Waals surface area contributed by atoms with Crippen molar-refractivity contribution in [2.45, 2.75) is 180 Å². The van der Waals surface area contributed by atoms with Crippen LogP contribution in [0.1, 0.15) is 180 Å². The molecule has 0 spiro atoms. The monoisotopic (exact) mass is 765 g/mol. The molecule has 0 saturated carbocycles. The predicted molar refractivity (Wildman–Crippen MR) is 209 cm³/mol. The summed E-state index contributed by atoms with van der Waals surface area (Å²) in [4.78, 5) is 25.0. The number of hydrogen-bond acceptors (Lipinski definition) is 4. The summed E-state index contributed by atoms with van der Waals surface area (Å²) in [6.07, 6.45) is 35.3. The molecule has 0 fully saturated rings. The van der Waals surface area contributed by atoms with Gasteiger partial charge in [-0.3, -0.25) is 9.59 Å². The second-order valence-corrected chi connectivity index (χ2v) is 15.3. The first-order valence-electron chi connectivity index (χ1n) is 19.2. The molecular formula is C40H68IN3O3. The van der Waals surface area contributed by atoms with Gasteiger partial charge in [0.15, 0.2) is 0 Å². The zero-order valence-electron chi connectivity index (χ0n) is 30.0. The van der Waals surface area contributed by atoms with Crippen molar-refractivity contribution < 1.29 is 14.7 Å². The summed E-state index contributed by atoms with van der Waals surface area (Å²) in [7, 11) is 0. The average Bonchev–Trinajstić information content (AvgIpc) is 3.07. The van der Waals surface area contributed by atoms with Crippen LogP contribution in [0.2, 0.25) is 0 Å². The van der Waals surface area contributed by atoms with E-state index in [1.807, 2.05) is 0 Å². The maximum absolute atomic E-state index is 12.2.